The van der Waals surface area contributed by atoms with Crippen LogP contribution < -0.4 is 5.73 Å². The van der Waals surface area contributed by atoms with Crippen LogP contribution in [0, 0.1) is 13.8 Å². The summed E-state index contributed by atoms with van der Waals surface area (Å²) in [6, 6.07) is 1.16. The molecule has 0 fully saturated rings. The van der Waals surface area contributed by atoms with Gasteiger partial charge in [0.2, 0.25) is 5.78 Å². The number of aryl methyl sites for hydroxylation is 2. The van der Waals surface area contributed by atoms with E-state index in [-0.39, 0.29) is 0 Å². The van der Waals surface area contributed by atoms with Crippen molar-refractivity contribution in [2.75, 3.05) is 5.75 Å². The molecule has 2 aromatic heterocycles. The lowest BCUT2D eigenvalue weighted by Gasteiger charge is -2.03. The summed E-state index contributed by atoms with van der Waals surface area (Å²) < 4.78 is 1.93. The second-order valence-electron chi connectivity index (χ2n) is 4.40. The Labute approximate surface area is 115 Å². The van der Waals surface area contributed by atoms with Crippen molar-refractivity contribution in [2.45, 2.75) is 25.6 Å². The first-order valence-electron chi connectivity index (χ1n) is 5.85. The number of aromatic nitrogens is 3. The third-order valence-corrected chi connectivity index (χ3v) is 3.77. The van der Waals surface area contributed by atoms with Crippen molar-refractivity contribution < 1.29 is 9.90 Å². The summed E-state index contributed by atoms with van der Waals surface area (Å²) in [5.74, 6) is 0.698. The molecule has 0 unspecified atom stereocenters. The lowest BCUT2D eigenvalue weighted by molar-refractivity contribution is -0.137. The molecule has 0 radical (unpaired) electrons. The summed E-state index contributed by atoms with van der Waals surface area (Å²) in [7, 11) is 0. The number of hydrogen-bond acceptors (Lipinski definition) is 5. The van der Waals surface area contributed by atoms with Gasteiger partial charge in [0, 0.05) is 29.1 Å². The number of imidazole rings is 1. The van der Waals surface area contributed by atoms with Crippen LogP contribution in [0.3, 0.4) is 0 Å². The van der Waals surface area contributed by atoms with Gasteiger partial charge in [-0.05, 0) is 19.9 Å². The van der Waals surface area contributed by atoms with Crippen LogP contribution in [0.4, 0.5) is 0 Å². The van der Waals surface area contributed by atoms with E-state index in [2.05, 4.69) is 9.97 Å². The summed E-state index contributed by atoms with van der Waals surface area (Å²) in [6.07, 6.45) is 1.93. The van der Waals surface area contributed by atoms with Crippen molar-refractivity contribution >= 4 is 23.5 Å². The van der Waals surface area contributed by atoms with Crippen molar-refractivity contribution in [1.29, 1.82) is 0 Å². The first-order valence-corrected chi connectivity index (χ1v) is 7.01. The Morgan fingerprint density at radius 2 is 2.26 bits per heavy atom. The second-order valence-corrected chi connectivity index (χ2v) is 5.43. The van der Waals surface area contributed by atoms with Crippen molar-refractivity contribution in [1.82, 2.24) is 14.4 Å². The zero-order valence-corrected chi connectivity index (χ0v) is 11.6. The lowest BCUT2D eigenvalue weighted by atomic mass is 10.3. The molecule has 2 rings (SSSR count). The highest BCUT2D eigenvalue weighted by atomic mass is 32.2. The molecule has 7 heteroatoms. The zero-order valence-electron chi connectivity index (χ0n) is 10.8. The number of hydrogen-bond donors (Lipinski definition) is 2. The Morgan fingerprint density at radius 3 is 2.95 bits per heavy atom. The van der Waals surface area contributed by atoms with Crippen LogP contribution in [0.25, 0.3) is 5.78 Å². The van der Waals surface area contributed by atoms with Crippen molar-refractivity contribution in [3.05, 3.63) is 29.3 Å². The van der Waals surface area contributed by atoms with Gasteiger partial charge >= 0.3 is 5.97 Å². The molecule has 3 N–H and O–H groups in total. The largest absolute Gasteiger partial charge is 0.480 e. The number of aliphatic carboxylic acids is 1. The van der Waals surface area contributed by atoms with Crippen LogP contribution in [0.1, 0.15) is 17.1 Å². The highest BCUT2D eigenvalue weighted by Crippen LogP contribution is 2.14. The maximum Gasteiger partial charge on any atom is 0.321 e. The fourth-order valence-electron chi connectivity index (χ4n) is 1.75. The lowest BCUT2D eigenvalue weighted by Crippen LogP contribution is -2.32. The third kappa shape index (κ3) is 3.24. The van der Waals surface area contributed by atoms with Crippen molar-refractivity contribution in [3.8, 4) is 0 Å². The SMILES string of the molecule is Cc1cc(C)n2cc(CSC[C@@H](N)C(=O)O)nc2n1. The van der Waals surface area contributed by atoms with Gasteiger partial charge in [0.15, 0.2) is 0 Å². The van der Waals surface area contributed by atoms with Crippen LogP contribution in [-0.4, -0.2) is 37.2 Å². The molecule has 6 nitrogen and oxygen atoms in total. The predicted octanol–water partition coefficient (Wildman–Crippen LogP) is 0.991. The van der Waals surface area contributed by atoms with E-state index in [1.165, 1.54) is 11.8 Å². The van der Waals surface area contributed by atoms with Gasteiger partial charge < -0.3 is 10.8 Å². The molecule has 0 aromatic carbocycles. The highest BCUT2D eigenvalue weighted by Gasteiger charge is 2.12. The first-order chi connectivity index (χ1) is 8.97. The molecule has 0 aliphatic carbocycles. The molecular formula is C12H16N4O2S. The maximum atomic E-state index is 10.6. The summed E-state index contributed by atoms with van der Waals surface area (Å²) in [6.45, 7) is 3.93. The Kier molecular flexibility index (Phi) is 4.06. The van der Waals surface area contributed by atoms with E-state index in [1.807, 2.05) is 30.5 Å². The zero-order chi connectivity index (χ0) is 14.0. The summed E-state index contributed by atoms with van der Waals surface area (Å²) in [5, 5.41) is 8.69. The molecule has 19 heavy (non-hydrogen) atoms. The van der Waals surface area contributed by atoms with E-state index in [1.54, 1.807) is 0 Å². The predicted molar refractivity (Wildman–Crippen MR) is 74.2 cm³/mol. The van der Waals surface area contributed by atoms with Gasteiger partial charge in [-0.1, -0.05) is 0 Å². The van der Waals surface area contributed by atoms with Crippen LogP contribution in [0.5, 0.6) is 0 Å². The topological polar surface area (TPSA) is 93.5 Å². The van der Waals surface area contributed by atoms with E-state index >= 15 is 0 Å². The molecule has 102 valence electrons. The highest BCUT2D eigenvalue weighted by molar-refractivity contribution is 7.98. The van der Waals surface area contributed by atoms with Gasteiger partial charge in [-0.2, -0.15) is 11.8 Å². The molecule has 0 spiro atoms. The van der Waals surface area contributed by atoms with E-state index in [0.29, 0.717) is 17.3 Å². The normalized spacial score (nSPS) is 12.8. The number of carboxylic acids is 1. The van der Waals surface area contributed by atoms with Gasteiger partial charge in [0.1, 0.15) is 6.04 Å². The number of thioether (sulfide) groups is 1. The fraction of sp³-hybridized carbons (Fsp3) is 0.417. The Bertz CT molecular complexity index is 611. The van der Waals surface area contributed by atoms with E-state index in [9.17, 15) is 4.79 Å². The molecular weight excluding hydrogens is 264 g/mol. The smallest absolute Gasteiger partial charge is 0.321 e. The molecule has 0 saturated heterocycles. The van der Waals surface area contributed by atoms with Crippen LogP contribution in [0.15, 0.2) is 12.3 Å². The minimum atomic E-state index is -0.976. The average molecular weight is 280 g/mol. The molecule has 0 aliphatic rings. The number of carboxylic acid groups (broad SMARTS) is 1. The second kappa shape index (κ2) is 5.58. The monoisotopic (exact) mass is 280 g/mol. The summed E-state index contributed by atoms with van der Waals surface area (Å²) in [5.41, 5.74) is 8.33. The number of rotatable bonds is 5. The minimum absolute atomic E-state index is 0.370. The number of fused-ring (bicyclic) bond motifs is 1. The molecule has 0 saturated carbocycles. The number of nitrogens with two attached hydrogens (primary N) is 1. The number of carbonyl (C=O) groups is 1. The van der Waals surface area contributed by atoms with Gasteiger partial charge in [0.05, 0.1) is 5.69 Å². The van der Waals surface area contributed by atoms with Gasteiger partial charge in [-0.25, -0.2) is 9.97 Å². The molecule has 2 heterocycles. The van der Waals surface area contributed by atoms with Crippen molar-refractivity contribution in [3.63, 3.8) is 0 Å². The summed E-state index contributed by atoms with van der Waals surface area (Å²) in [4.78, 5) is 19.4. The van der Waals surface area contributed by atoms with E-state index in [0.717, 1.165) is 17.1 Å². The Hall–Kier alpha value is -1.60. The van der Waals surface area contributed by atoms with E-state index < -0.39 is 12.0 Å². The van der Waals surface area contributed by atoms with E-state index in [4.69, 9.17) is 10.8 Å². The first kappa shape index (κ1) is 13.8. The Morgan fingerprint density at radius 1 is 1.53 bits per heavy atom. The minimum Gasteiger partial charge on any atom is -0.480 e. The molecule has 0 bridgehead atoms. The summed E-state index contributed by atoms with van der Waals surface area (Å²) >= 11 is 1.46. The standard InChI is InChI=1S/C12H16N4O2S/c1-7-3-8(2)16-4-9(15-12(16)14-7)5-19-6-10(13)11(17)18/h3-4,10H,5-6,13H2,1-2H3,(H,17,18)/t10-/m1/s1. The maximum absolute atomic E-state index is 10.6. The van der Waals surface area contributed by atoms with Gasteiger partial charge in [-0.15, -0.1) is 0 Å². The van der Waals surface area contributed by atoms with Gasteiger partial charge in [0.25, 0.3) is 0 Å². The molecule has 2 aromatic rings. The van der Waals surface area contributed by atoms with Crippen LogP contribution in [-0.2, 0) is 10.5 Å². The third-order valence-electron chi connectivity index (χ3n) is 2.68. The number of nitrogens with zero attached hydrogens (tertiary/aromatic N) is 3. The molecule has 0 aliphatic heterocycles. The van der Waals surface area contributed by atoms with Crippen LogP contribution >= 0.6 is 11.8 Å². The molecule has 1 atom stereocenters. The van der Waals surface area contributed by atoms with Crippen molar-refractivity contribution in [2.24, 2.45) is 5.73 Å². The Balaban J connectivity index is 2.06. The molecule has 0 amide bonds. The average Bonchev–Trinajstić information content (AvgIpc) is 2.71. The fourth-order valence-corrected chi connectivity index (χ4v) is 2.61. The van der Waals surface area contributed by atoms with Gasteiger partial charge in [-0.3, -0.25) is 9.20 Å². The van der Waals surface area contributed by atoms with Crippen LogP contribution in [0.2, 0.25) is 0 Å². The quantitative estimate of drug-likeness (QED) is 0.848.